The molecule has 10 rings (SSSR count). The Balaban J connectivity index is 1.27. The Morgan fingerprint density at radius 2 is 1.32 bits per heavy atom. The summed E-state index contributed by atoms with van der Waals surface area (Å²) in [6.07, 6.45) is 12.1. The lowest BCUT2D eigenvalue weighted by atomic mass is 9.83. The van der Waals surface area contributed by atoms with Crippen molar-refractivity contribution in [1.29, 1.82) is 0 Å². The first-order valence-electron chi connectivity index (χ1n) is 14.5. The zero-order chi connectivity index (χ0) is 26.6. The zero-order valence-electron chi connectivity index (χ0n) is 22.4. The molecule has 2 N–H and O–H groups in total. The average molecular weight is 529 g/mol. The van der Waals surface area contributed by atoms with Gasteiger partial charge in [0.25, 0.3) is 0 Å². The van der Waals surface area contributed by atoms with E-state index in [0.717, 1.165) is 91.4 Å². The molecule has 2 aromatic carbocycles. The molecule has 3 fully saturated rings. The number of hydrogen-bond acceptors (Lipinski definition) is 5. The minimum atomic E-state index is -0.0836. The summed E-state index contributed by atoms with van der Waals surface area (Å²) in [6.45, 7) is 1.91. The van der Waals surface area contributed by atoms with Crippen LogP contribution in [0.5, 0.6) is 0 Å². The number of hydrogen-bond donors (Lipinski definition) is 2. The van der Waals surface area contributed by atoms with Gasteiger partial charge in [-0.1, -0.05) is 48.5 Å². The van der Waals surface area contributed by atoms with Gasteiger partial charge in [-0.15, -0.1) is 0 Å². The third-order valence-electron chi connectivity index (χ3n) is 9.29. The van der Waals surface area contributed by atoms with E-state index in [1.165, 1.54) is 17.2 Å². The second kappa shape index (κ2) is 9.70. The lowest BCUT2D eigenvalue weighted by Crippen LogP contribution is -2.49. The summed E-state index contributed by atoms with van der Waals surface area (Å²) < 4.78 is 0. The Morgan fingerprint density at radius 3 is 1.98 bits per heavy atom. The molecule has 2 saturated heterocycles. The highest BCUT2D eigenvalue weighted by molar-refractivity contribution is 5.71. The maximum Gasteiger partial charge on any atom is 0.125 e. The maximum absolute atomic E-state index is 12.3. The van der Waals surface area contributed by atoms with Crippen LogP contribution in [-0.4, -0.2) is 54.8 Å². The molecule has 1 unspecified atom stereocenters. The third kappa shape index (κ3) is 3.92. The summed E-state index contributed by atoms with van der Waals surface area (Å²) in [5.74, 6) is 4.32. The van der Waals surface area contributed by atoms with Crippen LogP contribution in [0, 0.1) is 12.5 Å². The molecule has 3 atom stereocenters. The highest BCUT2D eigenvalue weighted by atomic mass is 16.1. The van der Waals surface area contributed by atoms with E-state index in [4.69, 9.17) is 9.97 Å². The van der Waals surface area contributed by atoms with Crippen molar-refractivity contribution in [3.8, 4) is 33.6 Å². The summed E-state index contributed by atoms with van der Waals surface area (Å²) in [5, 5.41) is 0. The second-order valence-electron chi connectivity index (χ2n) is 11.5. The van der Waals surface area contributed by atoms with Gasteiger partial charge in [-0.05, 0) is 80.3 Å². The normalized spacial score (nSPS) is 25.0. The van der Waals surface area contributed by atoms with Crippen LogP contribution < -0.4 is 0 Å². The van der Waals surface area contributed by atoms with E-state index in [1.807, 2.05) is 12.4 Å². The molecule has 8 bridgehead atoms. The van der Waals surface area contributed by atoms with E-state index in [-0.39, 0.29) is 18.1 Å². The first kappa shape index (κ1) is 24.1. The molecular weight excluding hydrogens is 496 g/mol. The Bertz CT molecular complexity index is 1580. The fourth-order valence-electron chi connectivity index (χ4n) is 7.35. The van der Waals surface area contributed by atoms with Crippen molar-refractivity contribution in [2.75, 3.05) is 13.1 Å². The van der Waals surface area contributed by atoms with Gasteiger partial charge in [-0.25, -0.2) is 14.8 Å². The van der Waals surface area contributed by atoms with Crippen LogP contribution in [0.3, 0.4) is 0 Å². The van der Waals surface area contributed by atoms with Crippen molar-refractivity contribution < 1.29 is 4.79 Å². The molecule has 1 aliphatic carbocycles. The quantitative estimate of drug-likeness (QED) is 0.271. The van der Waals surface area contributed by atoms with Gasteiger partial charge < -0.3 is 9.97 Å². The van der Waals surface area contributed by atoms with Crippen molar-refractivity contribution in [3.63, 3.8) is 0 Å². The van der Waals surface area contributed by atoms with Crippen molar-refractivity contribution >= 4 is 5.94 Å². The van der Waals surface area contributed by atoms with E-state index >= 15 is 0 Å². The lowest BCUT2D eigenvalue weighted by molar-refractivity contribution is 0.125. The molecule has 2 aromatic heterocycles. The van der Waals surface area contributed by atoms with Crippen molar-refractivity contribution in [2.45, 2.75) is 56.7 Å². The molecule has 4 aromatic rings. The number of nitrogens with one attached hydrogen (secondary N) is 2. The van der Waals surface area contributed by atoms with Gasteiger partial charge in [0, 0.05) is 5.57 Å². The number of carbonyl (C=O) groups excluding carboxylic acids is 1. The smallest absolute Gasteiger partial charge is 0.125 e. The molecule has 1 saturated carbocycles. The van der Waals surface area contributed by atoms with Gasteiger partial charge in [0.05, 0.1) is 47.9 Å². The van der Waals surface area contributed by atoms with Crippen LogP contribution in [-0.2, 0) is 4.79 Å². The predicted molar refractivity (Wildman–Crippen MR) is 154 cm³/mol. The van der Waals surface area contributed by atoms with Crippen LogP contribution in [0.4, 0.5) is 0 Å². The summed E-state index contributed by atoms with van der Waals surface area (Å²) in [4.78, 5) is 34.5. The van der Waals surface area contributed by atoms with E-state index in [9.17, 15) is 4.79 Å². The Morgan fingerprint density at radius 1 is 0.750 bits per heavy atom. The highest BCUT2D eigenvalue weighted by Crippen LogP contribution is 2.47. The third-order valence-corrected chi connectivity index (χ3v) is 9.29. The van der Waals surface area contributed by atoms with E-state index in [0.29, 0.717) is 0 Å². The van der Waals surface area contributed by atoms with Crippen molar-refractivity contribution in [3.05, 3.63) is 90.6 Å². The largest absolute Gasteiger partial charge is 0.341 e. The van der Waals surface area contributed by atoms with Crippen molar-refractivity contribution in [2.24, 2.45) is 0 Å². The van der Waals surface area contributed by atoms with E-state index < -0.39 is 0 Å². The van der Waals surface area contributed by atoms with Crippen LogP contribution in [0.25, 0.3) is 33.6 Å². The van der Waals surface area contributed by atoms with Crippen LogP contribution >= 0.6 is 0 Å². The SMILES string of the molecule is O=C=C1[CH]CC[C]2C1N1CCC[C@@H]1c1ncc([nH]1)-c1ccc(cc1)-c1ccc(cc1)-c1cnc([nH]1)[C@@H]1CCCN21. The Labute approximate surface area is 234 Å². The summed E-state index contributed by atoms with van der Waals surface area (Å²) in [5.41, 5.74) is 7.45. The molecule has 5 aliphatic heterocycles. The standard InChI is InChI=1S/C33H32N6O/c40-20-25-4-1-5-28-31(25)39-17-3-7-30(39)33-35-19-27(37-33)24-14-10-22(11-15-24)21-8-12-23(13-9-21)26-18-34-32(36-26)29-6-2-16-38(28)29/h4,8-15,18-19,29-31H,1-3,5-7,16-17H2,(H,34,36)(H,35,37)/t29-,30+,31?/m0/s1. The molecular formula is C33H32N6O. The second-order valence-corrected chi connectivity index (χ2v) is 11.5. The molecule has 40 heavy (non-hydrogen) atoms. The minimum Gasteiger partial charge on any atom is -0.341 e. The highest BCUT2D eigenvalue weighted by Gasteiger charge is 2.47. The van der Waals surface area contributed by atoms with Crippen LogP contribution in [0.15, 0.2) is 66.5 Å². The maximum atomic E-state index is 12.3. The monoisotopic (exact) mass is 528 g/mol. The molecule has 6 aliphatic rings. The number of aromatic amines is 2. The van der Waals surface area contributed by atoms with Gasteiger partial charge in [0.2, 0.25) is 0 Å². The molecule has 0 spiro atoms. The number of rotatable bonds is 0. The number of imidazole rings is 2. The minimum absolute atomic E-state index is 0.0836. The van der Waals surface area contributed by atoms with Crippen molar-refractivity contribution in [1.82, 2.24) is 29.7 Å². The number of H-pyrrole nitrogens is 2. The van der Waals surface area contributed by atoms with E-state index in [2.05, 4.69) is 80.7 Å². The predicted octanol–water partition coefficient (Wildman–Crippen LogP) is 6.08. The first-order valence-corrected chi connectivity index (χ1v) is 14.5. The molecule has 2 radical (unpaired) electrons. The number of benzene rings is 2. The van der Waals surface area contributed by atoms with Gasteiger partial charge in [0.15, 0.2) is 0 Å². The van der Waals surface area contributed by atoms with Gasteiger partial charge in [-0.3, -0.25) is 9.80 Å². The van der Waals surface area contributed by atoms with Crippen LogP contribution in [0.2, 0.25) is 0 Å². The number of nitrogens with zero attached hydrogens (tertiary/aromatic N) is 4. The fourth-order valence-corrected chi connectivity index (χ4v) is 7.35. The number of aromatic nitrogens is 4. The molecule has 200 valence electrons. The van der Waals surface area contributed by atoms with Gasteiger partial charge in [0.1, 0.15) is 17.6 Å². The molecule has 0 amide bonds. The van der Waals surface area contributed by atoms with Crippen LogP contribution in [0.1, 0.15) is 62.3 Å². The zero-order valence-corrected chi connectivity index (χ0v) is 22.4. The van der Waals surface area contributed by atoms with Gasteiger partial charge >= 0.3 is 0 Å². The van der Waals surface area contributed by atoms with Gasteiger partial charge in [-0.2, -0.15) is 0 Å². The molecule has 7 heteroatoms. The Hall–Kier alpha value is -3.77. The average Bonchev–Trinajstić information content (AvgIpc) is 3.82. The fraction of sp³-hybridized carbons (Fsp3) is 0.333. The molecule has 7 heterocycles. The summed E-state index contributed by atoms with van der Waals surface area (Å²) in [6, 6.07) is 18.9. The Kier molecular flexibility index (Phi) is 5.84. The molecule has 7 nitrogen and oxygen atoms in total. The lowest BCUT2D eigenvalue weighted by Gasteiger charge is -2.45. The first-order chi connectivity index (χ1) is 19.8. The number of fused-ring (bicyclic) bond motifs is 2. The summed E-state index contributed by atoms with van der Waals surface area (Å²) in [7, 11) is 0. The summed E-state index contributed by atoms with van der Waals surface area (Å²) >= 11 is 0. The van der Waals surface area contributed by atoms with E-state index in [1.54, 1.807) is 0 Å². The topological polar surface area (TPSA) is 80.9 Å².